The second-order valence-corrected chi connectivity index (χ2v) is 2.53. The molecule has 2 aliphatic rings. The predicted octanol–water partition coefficient (Wildman–Crippen LogP) is 0.896. The third kappa shape index (κ3) is 0.590. The summed E-state index contributed by atoms with van der Waals surface area (Å²) in [5, 5.41) is 0. The van der Waals surface area contributed by atoms with Gasteiger partial charge in [0.1, 0.15) is 0 Å². The molecule has 0 radical (unpaired) electrons. The molecule has 0 aromatic heterocycles. The van der Waals surface area contributed by atoms with Gasteiger partial charge in [-0.25, -0.2) is 0 Å². The van der Waals surface area contributed by atoms with Gasteiger partial charge in [-0.2, -0.15) is 0 Å². The van der Waals surface area contributed by atoms with Gasteiger partial charge >= 0.3 is 0 Å². The van der Waals surface area contributed by atoms with Crippen LogP contribution < -0.4 is 0 Å². The van der Waals surface area contributed by atoms with E-state index in [1.807, 2.05) is 4.90 Å². The first-order valence-corrected chi connectivity index (χ1v) is 3.37. The Bertz CT molecular complexity index is 183. The predicted molar refractivity (Wildman–Crippen MR) is 33.6 cm³/mol. The number of rotatable bonds is 0. The molecule has 0 N–H and O–H groups in total. The van der Waals surface area contributed by atoms with E-state index < -0.39 is 0 Å². The Balaban J connectivity index is 2.29. The molecule has 0 unspecified atom stereocenters. The minimum Gasteiger partial charge on any atom is -0.316 e. The second kappa shape index (κ2) is 1.59. The average molecular weight is 123 g/mol. The quantitative estimate of drug-likeness (QED) is 0.468. The maximum Gasteiger partial charge on any atom is 0.227 e. The van der Waals surface area contributed by atoms with E-state index in [1.165, 1.54) is 5.70 Å². The number of allylic oxidation sites excluding steroid dienone is 1. The van der Waals surface area contributed by atoms with Crippen molar-refractivity contribution in [3.63, 3.8) is 0 Å². The summed E-state index contributed by atoms with van der Waals surface area (Å²) >= 11 is 0. The monoisotopic (exact) mass is 123 g/mol. The molecule has 0 saturated carbocycles. The van der Waals surface area contributed by atoms with E-state index in [0.29, 0.717) is 5.91 Å². The number of hydrogen-bond donors (Lipinski definition) is 0. The molecule has 2 heterocycles. The smallest absolute Gasteiger partial charge is 0.227 e. The van der Waals surface area contributed by atoms with Gasteiger partial charge in [-0.1, -0.05) is 6.08 Å². The standard InChI is InChI=1S/C7H9NO/c9-7-4-3-6-2-1-5-8(6)7/h2H,1,3-5H2. The van der Waals surface area contributed by atoms with E-state index in [-0.39, 0.29) is 0 Å². The molecular weight excluding hydrogens is 114 g/mol. The molecule has 0 aliphatic carbocycles. The normalized spacial score (nSPS) is 24.7. The fraction of sp³-hybridized carbons (Fsp3) is 0.571. The van der Waals surface area contributed by atoms with Crippen molar-refractivity contribution in [1.82, 2.24) is 4.90 Å². The topological polar surface area (TPSA) is 20.3 Å². The maximum absolute atomic E-state index is 10.9. The van der Waals surface area contributed by atoms with Crippen LogP contribution in [0, 0.1) is 0 Å². The number of carbonyl (C=O) groups is 1. The molecule has 1 fully saturated rings. The van der Waals surface area contributed by atoms with Gasteiger partial charge in [0, 0.05) is 18.7 Å². The number of hydrogen-bond acceptors (Lipinski definition) is 1. The summed E-state index contributed by atoms with van der Waals surface area (Å²) in [5.41, 5.74) is 1.26. The van der Waals surface area contributed by atoms with Crippen molar-refractivity contribution >= 4 is 5.91 Å². The molecule has 1 amide bonds. The lowest BCUT2D eigenvalue weighted by Crippen LogP contribution is -2.19. The molecule has 2 aliphatic heterocycles. The molecule has 48 valence electrons. The highest BCUT2D eigenvalue weighted by atomic mass is 16.2. The molecular formula is C7H9NO. The maximum atomic E-state index is 10.9. The highest BCUT2D eigenvalue weighted by molar-refractivity contribution is 5.81. The Kier molecular flexibility index (Phi) is 0.891. The van der Waals surface area contributed by atoms with Crippen molar-refractivity contribution in [2.75, 3.05) is 6.54 Å². The molecule has 1 saturated heterocycles. The molecule has 0 bridgehead atoms. The summed E-state index contributed by atoms with van der Waals surface area (Å²) in [6, 6.07) is 0. The average Bonchev–Trinajstić information content (AvgIpc) is 2.35. The van der Waals surface area contributed by atoms with Crippen LogP contribution in [0.15, 0.2) is 11.8 Å². The van der Waals surface area contributed by atoms with E-state index in [0.717, 1.165) is 25.8 Å². The van der Waals surface area contributed by atoms with Gasteiger partial charge in [0.25, 0.3) is 0 Å². The second-order valence-electron chi connectivity index (χ2n) is 2.53. The Morgan fingerprint density at radius 2 is 2.33 bits per heavy atom. The van der Waals surface area contributed by atoms with E-state index in [2.05, 4.69) is 6.08 Å². The molecule has 9 heavy (non-hydrogen) atoms. The lowest BCUT2D eigenvalue weighted by molar-refractivity contribution is -0.126. The largest absolute Gasteiger partial charge is 0.316 e. The van der Waals surface area contributed by atoms with Crippen LogP contribution in [0.5, 0.6) is 0 Å². The lowest BCUT2D eigenvalue weighted by atomic mass is 10.3. The molecule has 0 spiro atoms. The van der Waals surface area contributed by atoms with Crippen LogP contribution >= 0.6 is 0 Å². The van der Waals surface area contributed by atoms with Crippen molar-refractivity contribution in [3.8, 4) is 0 Å². The Hall–Kier alpha value is -0.790. The van der Waals surface area contributed by atoms with Gasteiger partial charge in [-0.15, -0.1) is 0 Å². The highest BCUT2D eigenvalue weighted by Gasteiger charge is 2.27. The molecule has 2 nitrogen and oxygen atoms in total. The van der Waals surface area contributed by atoms with E-state index >= 15 is 0 Å². The minimum absolute atomic E-state index is 0.318. The molecule has 0 aromatic carbocycles. The van der Waals surface area contributed by atoms with Gasteiger partial charge in [0.05, 0.1) is 0 Å². The van der Waals surface area contributed by atoms with Crippen LogP contribution in [-0.2, 0) is 4.79 Å². The number of fused-ring (bicyclic) bond motifs is 1. The van der Waals surface area contributed by atoms with Gasteiger partial charge < -0.3 is 4.90 Å². The summed E-state index contributed by atoms with van der Waals surface area (Å²) in [5.74, 6) is 0.318. The number of amides is 1. The zero-order valence-electron chi connectivity index (χ0n) is 5.26. The van der Waals surface area contributed by atoms with Crippen LogP contribution in [0.1, 0.15) is 19.3 Å². The van der Waals surface area contributed by atoms with Crippen LogP contribution in [-0.4, -0.2) is 17.4 Å². The van der Waals surface area contributed by atoms with Crippen LogP contribution in [0.4, 0.5) is 0 Å². The van der Waals surface area contributed by atoms with Crippen molar-refractivity contribution in [1.29, 1.82) is 0 Å². The molecule has 0 atom stereocenters. The van der Waals surface area contributed by atoms with Crippen molar-refractivity contribution in [2.24, 2.45) is 0 Å². The van der Waals surface area contributed by atoms with Gasteiger partial charge in [0.15, 0.2) is 0 Å². The zero-order valence-corrected chi connectivity index (χ0v) is 5.26. The van der Waals surface area contributed by atoms with Crippen molar-refractivity contribution < 1.29 is 4.79 Å². The zero-order chi connectivity index (χ0) is 6.27. The third-order valence-electron chi connectivity index (χ3n) is 1.98. The first kappa shape index (κ1) is 5.03. The number of nitrogens with zero attached hydrogens (tertiary/aromatic N) is 1. The van der Waals surface area contributed by atoms with E-state index in [1.54, 1.807) is 0 Å². The van der Waals surface area contributed by atoms with Crippen LogP contribution in [0.3, 0.4) is 0 Å². The first-order chi connectivity index (χ1) is 4.38. The lowest BCUT2D eigenvalue weighted by Gasteiger charge is -2.08. The summed E-state index contributed by atoms with van der Waals surface area (Å²) in [4.78, 5) is 12.8. The third-order valence-corrected chi connectivity index (χ3v) is 1.98. The fourth-order valence-corrected chi connectivity index (χ4v) is 1.51. The Morgan fingerprint density at radius 1 is 1.44 bits per heavy atom. The summed E-state index contributed by atoms with van der Waals surface area (Å²) < 4.78 is 0. The van der Waals surface area contributed by atoms with Gasteiger partial charge in [-0.05, 0) is 12.8 Å². The van der Waals surface area contributed by atoms with Gasteiger partial charge in [-0.3, -0.25) is 4.79 Å². The molecule has 2 rings (SSSR count). The Labute approximate surface area is 54.1 Å². The van der Waals surface area contributed by atoms with Crippen LogP contribution in [0.2, 0.25) is 0 Å². The first-order valence-electron chi connectivity index (χ1n) is 3.37. The van der Waals surface area contributed by atoms with Crippen molar-refractivity contribution in [2.45, 2.75) is 19.3 Å². The van der Waals surface area contributed by atoms with Crippen LogP contribution in [0.25, 0.3) is 0 Å². The summed E-state index contributed by atoms with van der Waals surface area (Å²) in [7, 11) is 0. The fourth-order valence-electron chi connectivity index (χ4n) is 1.51. The summed E-state index contributed by atoms with van der Waals surface area (Å²) in [6.45, 7) is 0.939. The minimum atomic E-state index is 0.318. The summed E-state index contributed by atoms with van der Waals surface area (Å²) in [6.07, 6.45) is 4.97. The SMILES string of the molecule is O=C1CCC2=CCCN12. The molecule has 2 heteroatoms. The Morgan fingerprint density at radius 3 is 3.11 bits per heavy atom. The van der Waals surface area contributed by atoms with Gasteiger partial charge in [0.2, 0.25) is 5.91 Å². The van der Waals surface area contributed by atoms with E-state index in [4.69, 9.17) is 0 Å². The van der Waals surface area contributed by atoms with E-state index in [9.17, 15) is 4.79 Å². The molecule has 0 aromatic rings. The van der Waals surface area contributed by atoms with Crippen molar-refractivity contribution in [3.05, 3.63) is 11.8 Å². The number of carbonyl (C=O) groups excluding carboxylic acids is 1. The highest BCUT2D eigenvalue weighted by Crippen LogP contribution is 2.26.